The number of nitrogens with zero attached hydrogens (tertiary/aromatic N) is 6. The molecule has 0 amide bonds. The molecule has 0 aliphatic carbocycles. The number of rotatable bonds is 12. The summed E-state index contributed by atoms with van der Waals surface area (Å²) in [4.78, 5) is 58.3. The summed E-state index contributed by atoms with van der Waals surface area (Å²) in [7, 11) is 0. The average Bonchev–Trinajstić information content (AvgIpc) is 3.30. The van der Waals surface area contributed by atoms with E-state index >= 15 is 0 Å². The quantitative estimate of drug-likeness (QED) is 0.107. The maximum Gasteiger partial charge on any atom is 0.354 e. The number of aromatic carboxylic acids is 3. The van der Waals surface area contributed by atoms with Crippen molar-refractivity contribution in [1.29, 1.82) is 0 Å². The van der Waals surface area contributed by atoms with Gasteiger partial charge in [-0.05, 0) is 165 Å². The Morgan fingerprint density at radius 3 is 0.791 bits per heavy atom. The minimum atomic E-state index is -1.10. The Labute approximate surface area is 424 Å². The monoisotopic (exact) mass is 1050 g/mol. The maximum absolute atomic E-state index is 12.5. The molecule has 0 spiro atoms. The van der Waals surface area contributed by atoms with Gasteiger partial charge in [-0.1, -0.05) is 53.1 Å². The first-order valence-electron chi connectivity index (χ1n) is 22.5. The van der Waals surface area contributed by atoms with E-state index in [0.29, 0.717) is 76.0 Å². The zero-order valence-corrected chi connectivity index (χ0v) is 42.0. The molecular formula is C54H60N6O6Tb. The van der Waals surface area contributed by atoms with E-state index in [9.17, 15) is 29.7 Å². The second kappa shape index (κ2) is 21.8. The first kappa shape index (κ1) is 51.1. The summed E-state index contributed by atoms with van der Waals surface area (Å²) in [5.41, 5.74) is 17.0. The Bertz CT molecular complexity index is 2490. The second-order valence-corrected chi connectivity index (χ2v) is 18.3. The van der Waals surface area contributed by atoms with Crippen molar-refractivity contribution in [3.63, 3.8) is 0 Å². The van der Waals surface area contributed by atoms with Crippen LogP contribution in [0.2, 0.25) is 0 Å². The molecule has 1 saturated heterocycles. The van der Waals surface area contributed by atoms with Crippen LogP contribution < -0.4 is 0 Å². The van der Waals surface area contributed by atoms with Gasteiger partial charge in [0.15, 0.2) is 0 Å². The van der Waals surface area contributed by atoms with E-state index in [4.69, 9.17) is 0 Å². The molecule has 6 aromatic rings. The molecule has 3 N–H and O–H groups in total. The van der Waals surface area contributed by atoms with Gasteiger partial charge in [-0.15, -0.1) is 0 Å². The minimum absolute atomic E-state index is 0. The van der Waals surface area contributed by atoms with E-state index in [0.717, 1.165) is 83.5 Å². The van der Waals surface area contributed by atoms with E-state index in [1.165, 1.54) is 0 Å². The average molecular weight is 1050 g/mol. The zero-order valence-electron chi connectivity index (χ0n) is 39.9. The number of aromatic nitrogens is 3. The minimum Gasteiger partial charge on any atom is -0.477 e. The SMILES string of the molecule is Cc1cc(C)c(-c2cc(CN3CCN(Cc4cc(-c5c(C)cc(C)cc5C)cc(C(=O)O)n4)CCN(Cc4cc(-c5c(C)cc(C)cc5C)cc(C(=O)O)n4)CC3)nc(C(=O)O)c2)c(C)c1.[Tb]. The third-order valence-electron chi connectivity index (χ3n) is 12.5. The van der Waals surface area contributed by atoms with Crippen LogP contribution in [0.15, 0.2) is 72.8 Å². The summed E-state index contributed by atoms with van der Waals surface area (Å²) >= 11 is 0. The molecule has 0 saturated carbocycles. The van der Waals surface area contributed by atoms with E-state index < -0.39 is 17.9 Å². The maximum atomic E-state index is 12.5. The van der Waals surface area contributed by atoms with E-state index in [1.54, 1.807) is 18.2 Å². The zero-order chi connectivity index (χ0) is 47.6. The molecule has 1 radical (unpaired) electrons. The summed E-state index contributed by atoms with van der Waals surface area (Å²) < 4.78 is 0. The second-order valence-electron chi connectivity index (χ2n) is 18.3. The first-order valence-corrected chi connectivity index (χ1v) is 22.5. The molecule has 12 nitrogen and oxygen atoms in total. The predicted molar refractivity (Wildman–Crippen MR) is 258 cm³/mol. The van der Waals surface area contributed by atoms with Crippen LogP contribution in [0.3, 0.4) is 0 Å². The van der Waals surface area contributed by atoms with Gasteiger partial charge in [0.2, 0.25) is 0 Å². The number of hydrogen-bond acceptors (Lipinski definition) is 9. The molecular weight excluding hydrogens is 988 g/mol. The van der Waals surface area contributed by atoms with Crippen LogP contribution in [0.25, 0.3) is 33.4 Å². The van der Waals surface area contributed by atoms with Gasteiger partial charge in [-0.25, -0.2) is 29.3 Å². The molecule has 4 heterocycles. The summed E-state index contributed by atoms with van der Waals surface area (Å²) in [5, 5.41) is 30.7. The van der Waals surface area contributed by atoms with Crippen LogP contribution in [-0.4, -0.2) is 102 Å². The molecule has 3 aromatic heterocycles. The summed E-state index contributed by atoms with van der Waals surface area (Å²) in [6, 6.07) is 23.6. The van der Waals surface area contributed by atoms with Gasteiger partial charge in [-0.2, -0.15) is 0 Å². The fourth-order valence-electron chi connectivity index (χ4n) is 10.0. The standard InChI is InChI=1S/C54H60N6O6.Tb/c1-31-16-34(4)49(35(5)17-31)40-22-43(55-46(25-40)52(61)62)28-58-10-12-59(29-44-23-41(26-47(56-44)53(63)64)50-36(6)18-32(2)19-37(50)7)14-15-60(13-11-58)30-45-24-42(27-48(57-45)54(65)66)51-38(8)20-33(3)21-39(51)9;/h16-27H,10-15,28-30H2,1-9H3,(H,61,62)(H,63,64)(H,65,66);. The Kier molecular flexibility index (Phi) is 16.6. The van der Waals surface area contributed by atoms with Crippen LogP contribution in [0.5, 0.6) is 0 Å². The van der Waals surface area contributed by atoms with Gasteiger partial charge in [0, 0.05) is 97.5 Å². The third kappa shape index (κ3) is 12.4. The number of pyridine rings is 3. The summed E-state index contributed by atoms with van der Waals surface area (Å²) in [6.07, 6.45) is 0. The van der Waals surface area contributed by atoms with Crippen molar-refractivity contribution >= 4 is 17.9 Å². The van der Waals surface area contributed by atoms with Gasteiger partial charge < -0.3 is 15.3 Å². The molecule has 0 atom stereocenters. The molecule has 1 aliphatic rings. The molecule has 13 heteroatoms. The van der Waals surface area contributed by atoms with Crippen LogP contribution in [-0.2, 0) is 19.6 Å². The Morgan fingerprint density at radius 1 is 0.388 bits per heavy atom. The van der Waals surface area contributed by atoms with Gasteiger partial charge in [0.05, 0.1) is 17.1 Å². The Balaban J connectivity index is 0.00000741. The number of carboxylic acid groups (broad SMARTS) is 3. The van der Waals surface area contributed by atoms with Crippen molar-refractivity contribution in [3.05, 3.63) is 157 Å². The number of carbonyl (C=O) groups is 3. The number of aryl methyl sites for hydroxylation is 9. The number of carboxylic acids is 3. The van der Waals surface area contributed by atoms with E-state index in [1.807, 2.05) is 59.7 Å². The molecule has 3 aromatic carbocycles. The fraction of sp³-hybridized carbons (Fsp3) is 0.333. The van der Waals surface area contributed by atoms with Crippen LogP contribution >= 0.6 is 0 Å². The van der Waals surface area contributed by atoms with Crippen LogP contribution in [0, 0.1) is 101 Å². The molecule has 1 aliphatic heterocycles. The van der Waals surface area contributed by atoms with Crippen molar-refractivity contribution < 1.29 is 68.3 Å². The smallest absolute Gasteiger partial charge is 0.354 e. The largest absolute Gasteiger partial charge is 0.477 e. The van der Waals surface area contributed by atoms with Crippen LogP contribution in [0.1, 0.15) is 98.6 Å². The molecule has 351 valence electrons. The van der Waals surface area contributed by atoms with Gasteiger partial charge in [0.1, 0.15) is 17.1 Å². The van der Waals surface area contributed by atoms with Crippen molar-refractivity contribution in [2.45, 2.75) is 81.9 Å². The van der Waals surface area contributed by atoms with Crippen molar-refractivity contribution in [1.82, 2.24) is 29.7 Å². The van der Waals surface area contributed by atoms with Crippen molar-refractivity contribution in [3.8, 4) is 33.4 Å². The number of hydrogen-bond donors (Lipinski definition) is 3. The molecule has 7 rings (SSSR count). The van der Waals surface area contributed by atoms with Gasteiger partial charge >= 0.3 is 17.9 Å². The van der Waals surface area contributed by atoms with Crippen molar-refractivity contribution in [2.24, 2.45) is 0 Å². The fourth-order valence-corrected chi connectivity index (χ4v) is 10.0. The summed E-state index contributed by atoms with van der Waals surface area (Å²) in [6.45, 7) is 23.2. The molecule has 67 heavy (non-hydrogen) atoms. The van der Waals surface area contributed by atoms with E-state index in [2.05, 4.69) is 86.8 Å². The normalized spacial score (nSPS) is 13.9. The van der Waals surface area contributed by atoms with Crippen LogP contribution in [0.4, 0.5) is 0 Å². The number of benzene rings is 3. The molecule has 0 bridgehead atoms. The third-order valence-corrected chi connectivity index (χ3v) is 12.5. The van der Waals surface area contributed by atoms with Gasteiger partial charge in [-0.3, -0.25) is 14.7 Å². The van der Waals surface area contributed by atoms with Crippen molar-refractivity contribution in [2.75, 3.05) is 39.3 Å². The predicted octanol–water partition coefficient (Wildman–Crippen LogP) is 9.56. The first-order chi connectivity index (χ1) is 31.3. The molecule has 0 unspecified atom stereocenters. The Morgan fingerprint density at radius 2 is 0.597 bits per heavy atom. The van der Waals surface area contributed by atoms with E-state index in [-0.39, 0.29) is 55.7 Å². The molecule has 1 fully saturated rings. The topological polar surface area (TPSA) is 160 Å². The summed E-state index contributed by atoms with van der Waals surface area (Å²) in [5.74, 6) is -3.29. The van der Waals surface area contributed by atoms with Gasteiger partial charge in [0.25, 0.3) is 0 Å². The Hall–Kier alpha value is -5.31.